The minimum absolute atomic E-state index is 0.0336. The zero-order valence-electron chi connectivity index (χ0n) is 15.5. The van der Waals surface area contributed by atoms with Crippen LogP contribution in [0.15, 0.2) is 48.5 Å². The van der Waals surface area contributed by atoms with Crippen LogP contribution >= 0.6 is 11.6 Å². The molecular formula is C20H20ClN5O2. The van der Waals surface area contributed by atoms with Crippen LogP contribution < -0.4 is 15.4 Å². The SMILES string of the molecule is COc1ccc([C@H]2C[C@H](c3ccc(Cl)cc3)Nc3nc(NC(C)=O)nn32)cc1. The second kappa shape index (κ2) is 7.52. The number of fused-ring (bicyclic) bond motifs is 1. The molecule has 1 aliphatic heterocycles. The van der Waals surface area contributed by atoms with Crippen LogP contribution in [-0.4, -0.2) is 27.8 Å². The van der Waals surface area contributed by atoms with Gasteiger partial charge in [-0.15, -0.1) is 5.10 Å². The summed E-state index contributed by atoms with van der Waals surface area (Å²) in [5, 5.41) is 11.3. The van der Waals surface area contributed by atoms with Crippen molar-refractivity contribution in [3.05, 3.63) is 64.7 Å². The first-order valence-corrected chi connectivity index (χ1v) is 9.31. The number of hydrogen-bond acceptors (Lipinski definition) is 5. The Kier molecular flexibility index (Phi) is 4.92. The number of hydrogen-bond donors (Lipinski definition) is 2. The first-order valence-electron chi connectivity index (χ1n) is 8.93. The number of carbonyl (C=O) groups excluding carboxylic acids is 1. The van der Waals surface area contributed by atoms with Gasteiger partial charge in [0.1, 0.15) is 5.75 Å². The van der Waals surface area contributed by atoms with Gasteiger partial charge in [0.25, 0.3) is 5.95 Å². The number of nitrogens with one attached hydrogen (secondary N) is 2. The zero-order valence-corrected chi connectivity index (χ0v) is 16.3. The molecule has 2 atom stereocenters. The van der Waals surface area contributed by atoms with E-state index in [9.17, 15) is 4.79 Å². The van der Waals surface area contributed by atoms with E-state index >= 15 is 0 Å². The van der Waals surface area contributed by atoms with Gasteiger partial charge in [-0.1, -0.05) is 35.9 Å². The topological polar surface area (TPSA) is 81.1 Å². The molecule has 144 valence electrons. The van der Waals surface area contributed by atoms with Gasteiger partial charge in [-0.05, 0) is 41.8 Å². The van der Waals surface area contributed by atoms with Crippen LogP contribution in [-0.2, 0) is 4.79 Å². The Labute approximate surface area is 167 Å². The van der Waals surface area contributed by atoms with Crippen molar-refractivity contribution < 1.29 is 9.53 Å². The Hall–Kier alpha value is -3.06. The Bertz CT molecular complexity index is 985. The Balaban J connectivity index is 1.73. The summed E-state index contributed by atoms with van der Waals surface area (Å²) in [5.41, 5.74) is 2.19. The number of carbonyl (C=O) groups is 1. The van der Waals surface area contributed by atoms with Crippen LogP contribution in [0, 0.1) is 0 Å². The minimum atomic E-state index is -0.210. The second-order valence-corrected chi connectivity index (χ2v) is 7.09. The number of nitrogens with zero attached hydrogens (tertiary/aromatic N) is 3. The van der Waals surface area contributed by atoms with E-state index in [2.05, 4.69) is 20.7 Å². The molecule has 0 fully saturated rings. The first kappa shape index (κ1) is 18.3. The van der Waals surface area contributed by atoms with Gasteiger partial charge in [0.15, 0.2) is 0 Å². The first-order chi connectivity index (χ1) is 13.5. The molecule has 2 N–H and O–H groups in total. The molecule has 0 saturated heterocycles. The number of anilines is 2. The molecule has 0 aliphatic carbocycles. The third kappa shape index (κ3) is 3.66. The molecule has 0 radical (unpaired) electrons. The van der Waals surface area contributed by atoms with Crippen LogP contribution in [0.4, 0.5) is 11.9 Å². The third-order valence-electron chi connectivity index (χ3n) is 4.75. The third-order valence-corrected chi connectivity index (χ3v) is 5.00. The van der Waals surface area contributed by atoms with E-state index in [0.29, 0.717) is 11.0 Å². The van der Waals surface area contributed by atoms with Gasteiger partial charge < -0.3 is 10.1 Å². The summed E-state index contributed by atoms with van der Waals surface area (Å²) in [6.07, 6.45) is 0.768. The van der Waals surface area contributed by atoms with Crippen molar-refractivity contribution in [1.29, 1.82) is 0 Å². The largest absolute Gasteiger partial charge is 0.497 e. The summed E-state index contributed by atoms with van der Waals surface area (Å²) < 4.78 is 7.09. The smallest absolute Gasteiger partial charge is 0.250 e. The summed E-state index contributed by atoms with van der Waals surface area (Å²) in [5.74, 6) is 1.48. The van der Waals surface area contributed by atoms with Crippen molar-refractivity contribution in [1.82, 2.24) is 14.8 Å². The lowest BCUT2D eigenvalue weighted by Crippen LogP contribution is -2.28. The second-order valence-electron chi connectivity index (χ2n) is 6.66. The van der Waals surface area contributed by atoms with Crippen LogP contribution in [0.1, 0.15) is 36.6 Å². The van der Waals surface area contributed by atoms with Crippen molar-refractivity contribution >= 4 is 29.4 Å². The predicted molar refractivity (Wildman–Crippen MR) is 108 cm³/mol. The molecule has 2 heterocycles. The van der Waals surface area contributed by atoms with Crippen molar-refractivity contribution in [2.45, 2.75) is 25.4 Å². The van der Waals surface area contributed by atoms with Gasteiger partial charge in [0, 0.05) is 11.9 Å². The van der Waals surface area contributed by atoms with Gasteiger partial charge in [-0.2, -0.15) is 4.98 Å². The molecule has 0 saturated carbocycles. The Morgan fingerprint density at radius 1 is 1.18 bits per heavy atom. The van der Waals surface area contributed by atoms with Gasteiger partial charge in [0.2, 0.25) is 11.9 Å². The van der Waals surface area contributed by atoms with Crippen molar-refractivity contribution in [3.63, 3.8) is 0 Å². The molecular weight excluding hydrogens is 378 g/mol. The maximum absolute atomic E-state index is 11.4. The van der Waals surface area contributed by atoms with E-state index in [0.717, 1.165) is 23.3 Å². The summed E-state index contributed by atoms with van der Waals surface area (Å²) in [4.78, 5) is 15.9. The average molecular weight is 398 g/mol. The lowest BCUT2D eigenvalue weighted by molar-refractivity contribution is -0.114. The molecule has 3 aromatic rings. The standard InChI is InChI=1S/C20H20ClN5O2/c1-12(27)22-19-24-20-23-17(13-3-7-15(21)8-4-13)11-18(26(20)25-19)14-5-9-16(28-2)10-6-14/h3-10,17-18H,11H2,1-2H3,(H2,22,23,24,25,27)/t17-,18-/m1/s1. The molecule has 0 unspecified atom stereocenters. The van der Waals surface area contributed by atoms with Gasteiger partial charge >= 0.3 is 0 Å². The number of benzene rings is 2. The van der Waals surface area contributed by atoms with E-state index in [4.69, 9.17) is 16.3 Å². The van der Waals surface area contributed by atoms with E-state index in [-0.39, 0.29) is 23.9 Å². The van der Waals surface area contributed by atoms with E-state index < -0.39 is 0 Å². The van der Waals surface area contributed by atoms with E-state index in [1.54, 1.807) is 7.11 Å². The summed E-state index contributed by atoms with van der Waals surface area (Å²) >= 11 is 6.04. The number of ether oxygens (including phenoxy) is 1. The Morgan fingerprint density at radius 2 is 1.86 bits per heavy atom. The maximum atomic E-state index is 11.4. The van der Waals surface area contributed by atoms with Crippen LogP contribution in [0.3, 0.4) is 0 Å². The summed E-state index contributed by atoms with van der Waals surface area (Å²) in [6, 6.07) is 15.7. The van der Waals surface area contributed by atoms with E-state index in [1.807, 2.05) is 53.2 Å². The number of aromatic nitrogens is 3. The number of methoxy groups -OCH3 is 1. The highest BCUT2D eigenvalue weighted by Gasteiger charge is 2.31. The molecule has 1 aliphatic rings. The number of halogens is 1. The lowest BCUT2D eigenvalue weighted by Gasteiger charge is -2.31. The number of rotatable bonds is 4. The maximum Gasteiger partial charge on any atom is 0.250 e. The fourth-order valence-electron chi connectivity index (χ4n) is 3.41. The van der Waals surface area contributed by atoms with E-state index in [1.165, 1.54) is 6.92 Å². The van der Waals surface area contributed by atoms with Crippen molar-refractivity contribution in [2.24, 2.45) is 0 Å². The highest BCUT2D eigenvalue weighted by Crippen LogP contribution is 2.38. The molecule has 28 heavy (non-hydrogen) atoms. The fourth-order valence-corrected chi connectivity index (χ4v) is 3.53. The molecule has 0 bridgehead atoms. The van der Waals surface area contributed by atoms with Gasteiger partial charge in [0.05, 0.1) is 19.2 Å². The summed E-state index contributed by atoms with van der Waals surface area (Å²) in [7, 11) is 1.64. The predicted octanol–water partition coefficient (Wildman–Crippen LogP) is 4.04. The van der Waals surface area contributed by atoms with Crippen LogP contribution in [0.2, 0.25) is 5.02 Å². The summed E-state index contributed by atoms with van der Waals surface area (Å²) in [6.45, 7) is 1.44. The van der Waals surface area contributed by atoms with Gasteiger partial charge in [-0.25, -0.2) is 4.68 Å². The lowest BCUT2D eigenvalue weighted by atomic mass is 9.93. The van der Waals surface area contributed by atoms with Gasteiger partial charge in [-0.3, -0.25) is 10.1 Å². The molecule has 4 rings (SSSR count). The van der Waals surface area contributed by atoms with Crippen LogP contribution in [0.5, 0.6) is 5.75 Å². The monoisotopic (exact) mass is 397 g/mol. The van der Waals surface area contributed by atoms with Crippen molar-refractivity contribution in [3.8, 4) is 5.75 Å². The zero-order chi connectivity index (χ0) is 19.7. The van der Waals surface area contributed by atoms with Crippen molar-refractivity contribution in [2.75, 3.05) is 17.7 Å². The molecule has 2 aromatic carbocycles. The highest BCUT2D eigenvalue weighted by atomic mass is 35.5. The normalized spacial score (nSPS) is 18.1. The molecule has 1 aromatic heterocycles. The molecule has 8 heteroatoms. The molecule has 7 nitrogen and oxygen atoms in total. The fraction of sp³-hybridized carbons (Fsp3) is 0.250. The number of amides is 1. The quantitative estimate of drug-likeness (QED) is 0.694. The molecule has 0 spiro atoms. The van der Waals surface area contributed by atoms with Crippen LogP contribution in [0.25, 0.3) is 0 Å². The average Bonchev–Trinajstić information content (AvgIpc) is 3.09. The highest BCUT2D eigenvalue weighted by molar-refractivity contribution is 6.30. The minimum Gasteiger partial charge on any atom is -0.497 e. The molecule has 1 amide bonds. The Morgan fingerprint density at radius 3 is 2.50 bits per heavy atom.